The lowest BCUT2D eigenvalue weighted by atomic mass is 10.0. The molecule has 0 fully saturated rings. The van der Waals surface area contributed by atoms with Crippen LogP contribution in [-0.2, 0) is 9.59 Å². The van der Waals surface area contributed by atoms with Crippen LogP contribution < -0.4 is 15.4 Å². The predicted octanol–water partition coefficient (Wildman–Crippen LogP) is 2.98. The van der Waals surface area contributed by atoms with Gasteiger partial charge in [-0.2, -0.15) is 0 Å². The van der Waals surface area contributed by atoms with E-state index in [1.807, 2.05) is 19.9 Å². The van der Waals surface area contributed by atoms with Gasteiger partial charge in [-0.3, -0.25) is 9.59 Å². The molecule has 0 aromatic heterocycles. The molecular weight excluding hydrogens is 323 g/mol. The molecule has 5 nitrogen and oxygen atoms in total. The summed E-state index contributed by atoms with van der Waals surface area (Å²) in [5.74, 6) is -0.688. The quantitative estimate of drug-likeness (QED) is 0.811. The van der Waals surface area contributed by atoms with Gasteiger partial charge in [-0.25, -0.2) is 4.39 Å². The Morgan fingerprint density at radius 3 is 2.28 bits per heavy atom. The van der Waals surface area contributed by atoms with Crippen LogP contribution in [0.1, 0.15) is 13.8 Å². The van der Waals surface area contributed by atoms with Crippen LogP contribution in [0.25, 0.3) is 0 Å². The lowest BCUT2D eigenvalue weighted by molar-refractivity contribution is -0.128. The van der Waals surface area contributed by atoms with Gasteiger partial charge in [-0.1, -0.05) is 32.0 Å². The fourth-order valence-electron chi connectivity index (χ4n) is 2.17. The fraction of sp³-hybridized carbons (Fsp3) is 0.263. The molecular formula is C19H21FN2O3. The van der Waals surface area contributed by atoms with Crippen LogP contribution in [0.4, 0.5) is 10.1 Å². The van der Waals surface area contributed by atoms with Crippen molar-refractivity contribution in [2.75, 3.05) is 11.9 Å². The first-order valence-corrected chi connectivity index (χ1v) is 7.99. The summed E-state index contributed by atoms with van der Waals surface area (Å²) in [7, 11) is 0. The smallest absolute Gasteiger partial charge is 0.258 e. The van der Waals surface area contributed by atoms with E-state index in [2.05, 4.69) is 10.6 Å². The first-order valence-electron chi connectivity index (χ1n) is 7.99. The highest BCUT2D eigenvalue weighted by Crippen LogP contribution is 2.11. The van der Waals surface area contributed by atoms with Gasteiger partial charge in [-0.15, -0.1) is 0 Å². The molecule has 0 saturated carbocycles. The Bertz CT molecular complexity index is 702. The number of rotatable bonds is 7. The van der Waals surface area contributed by atoms with E-state index in [0.717, 1.165) is 0 Å². The van der Waals surface area contributed by atoms with E-state index in [1.165, 1.54) is 24.3 Å². The minimum Gasteiger partial charge on any atom is -0.484 e. The van der Waals surface area contributed by atoms with E-state index in [1.54, 1.807) is 24.3 Å². The van der Waals surface area contributed by atoms with Crippen molar-refractivity contribution >= 4 is 17.5 Å². The van der Waals surface area contributed by atoms with Crippen molar-refractivity contribution < 1.29 is 18.7 Å². The van der Waals surface area contributed by atoms with E-state index in [4.69, 9.17) is 4.74 Å². The first kappa shape index (κ1) is 18.4. The third kappa shape index (κ3) is 5.91. The molecule has 6 heteroatoms. The maximum Gasteiger partial charge on any atom is 0.258 e. The normalized spacial score (nSPS) is 11.7. The molecule has 0 aliphatic carbocycles. The lowest BCUT2D eigenvalue weighted by Gasteiger charge is -2.21. The van der Waals surface area contributed by atoms with Crippen molar-refractivity contribution in [1.82, 2.24) is 5.32 Å². The van der Waals surface area contributed by atoms with Crippen molar-refractivity contribution in [1.29, 1.82) is 0 Å². The number of hydrogen-bond acceptors (Lipinski definition) is 3. The minimum absolute atomic E-state index is 0.124. The molecule has 0 unspecified atom stereocenters. The molecule has 2 amide bonds. The van der Waals surface area contributed by atoms with Crippen LogP contribution in [0, 0.1) is 11.7 Å². The minimum atomic E-state index is -0.725. The maximum absolute atomic E-state index is 12.9. The van der Waals surface area contributed by atoms with Gasteiger partial charge in [0.1, 0.15) is 17.6 Å². The van der Waals surface area contributed by atoms with Gasteiger partial charge in [0, 0.05) is 5.69 Å². The Kier molecular flexibility index (Phi) is 6.51. The summed E-state index contributed by atoms with van der Waals surface area (Å²) >= 11 is 0. The van der Waals surface area contributed by atoms with Crippen molar-refractivity contribution in [2.45, 2.75) is 19.9 Å². The number of hydrogen-bond donors (Lipinski definition) is 2. The summed E-state index contributed by atoms with van der Waals surface area (Å²) < 4.78 is 18.3. The maximum atomic E-state index is 12.9. The zero-order chi connectivity index (χ0) is 18.2. The molecule has 2 aromatic carbocycles. The van der Waals surface area contributed by atoms with E-state index < -0.39 is 11.9 Å². The molecule has 0 saturated heterocycles. The number of ether oxygens (including phenoxy) is 1. The van der Waals surface area contributed by atoms with Gasteiger partial charge in [0.15, 0.2) is 6.61 Å². The first-order chi connectivity index (χ1) is 12.0. The van der Waals surface area contributed by atoms with Gasteiger partial charge in [0.05, 0.1) is 0 Å². The highest BCUT2D eigenvalue weighted by molar-refractivity contribution is 5.97. The summed E-state index contributed by atoms with van der Waals surface area (Å²) in [5, 5.41) is 5.34. The van der Waals surface area contributed by atoms with Gasteiger partial charge in [0.2, 0.25) is 5.91 Å². The van der Waals surface area contributed by atoms with Crippen LogP contribution in [0.3, 0.4) is 0 Å². The molecule has 1 atom stereocenters. The van der Waals surface area contributed by atoms with Gasteiger partial charge >= 0.3 is 0 Å². The second-order valence-corrected chi connectivity index (χ2v) is 5.89. The highest BCUT2D eigenvalue weighted by Gasteiger charge is 2.24. The molecule has 132 valence electrons. The summed E-state index contributed by atoms with van der Waals surface area (Å²) in [6.45, 7) is 3.47. The Hall–Kier alpha value is -2.89. The number of halogens is 1. The van der Waals surface area contributed by atoms with Gasteiger partial charge in [0.25, 0.3) is 5.91 Å². The monoisotopic (exact) mass is 344 g/mol. The highest BCUT2D eigenvalue weighted by atomic mass is 19.1. The van der Waals surface area contributed by atoms with E-state index >= 15 is 0 Å². The molecule has 0 spiro atoms. The van der Waals surface area contributed by atoms with E-state index in [9.17, 15) is 14.0 Å². The number of para-hydroxylation sites is 1. The summed E-state index contributed by atoms with van der Waals surface area (Å²) in [6.07, 6.45) is 0. The molecule has 0 heterocycles. The molecule has 0 aliphatic heterocycles. The molecule has 0 bridgehead atoms. The number of amides is 2. The summed E-state index contributed by atoms with van der Waals surface area (Å²) in [4.78, 5) is 24.5. The van der Waals surface area contributed by atoms with Crippen LogP contribution in [0.2, 0.25) is 0 Å². The number of anilines is 1. The standard InChI is InChI=1S/C19H21FN2O3/c1-13(2)18(19(24)21-15-10-8-14(20)9-11-15)22-17(23)12-25-16-6-4-3-5-7-16/h3-11,13,18H,12H2,1-2H3,(H,21,24)(H,22,23)/t18-/m0/s1. The third-order valence-electron chi connectivity index (χ3n) is 3.49. The molecule has 2 N–H and O–H groups in total. The second-order valence-electron chi connectivity index (χ2n) is 5.89. The van der Waals surface area contributed by atoms with Crippen molar-refractivity contribution in [2.24, 2.45) is 5.92 Å². The third-order valence-corrected chi connectivity index (χ3v) is 3.49. The fourth-order valence-corrected chi connectivity index (χ4v) is 2.17. The average molecular weight is 344 g/mol. The SMILES string of the molecule is CC(C)[C@H](NC(=O)COc1ccccc1)C(=O)Nc1ccc(F)cc1. The molecule has 25 heavy (non-hydrogen) atoms. The van der Waals surface area contributed by atoms with Crippen molar-refractivity contribution in [3.8, 4) is 5.75 Å². The van der Waals surface area contributed by atoms with Gasteiger partial charge in [-0.05, 0) is 42.3 Å². The van der Waals surface area contributed by atoms with Crippen LogP contribution in [0.5, 0.6) is 5.75 Å². The zero-order valence-electron chi connectivity index (χ0n) is 14.2. The van der Waals surface area contributed by atoms with Gasteiger partial charge < -0.3 is 15.4 Å². The zero-order valence-corrected chi connectivity index (χ0v) is 14.2. The predicted molar refractivity (Wildman–Crippen MR) is 93.7 cm³/mol. The van der Waals surface area contributed by atoms with Crippen LogP contribution >= 0.6 is 0 Å². The molecule has 2 aromatic rings. The molecule has 0 radical (unpaired) electrons. The summed E-state index contributed by atoms with van der Waals surface area (Å²) in [5.41, 5.74) is 0.465. The van der Waals surface area contributed by atoms with E-state index in [-0.39, 0.29) is 24.2 Å². The van der Waals surface area contributed by atoms with Crippen LogP contribution in [0.15, 0.2) is 54.6 Å². The summed E-state index contributed by atoms with van der Waals surface area (Å²) in [6, 6.07) is 13.7. The largest absolute Gasteiger partial charge is 0.484 e. The number of carbonyl (C=O) groups excluding carboxylic acids is 2. The Balaban J connectivity index is 1.91. The Morgan fingerprint density at radius 2 is 1.68 bits per heavy atom. The lowest BCUT2D eigenvalue weighted by Crippen LogP contribution is -2.48. The Morgan fingerprint density at radius 1 is 1.04 bits per heavy atom. The van der Waals surface area contributed by atoms with Crippen molar-refractivity contribution in [3.63, 3.8) is 0 Å². The van der Waals surface area contributed by atoms with E-state index in [0.29, 0.717) is 11.4 Å². The Labute approximate surface area is 146 Å². The number of nitrogens with one attached hydrogen (secondary N) is 2. The van der Waals surface area contributed by atoms with Crippen molar-refractivity contribution in [3.05, 3.63) is 60.4 Å². The second kappa shape index (κ2) is 8.82. The molecule has 0 aliphatic rings. The average Bonchev–Trinajstić information content (AvgIpc) is 2.60. The topological polar surface area (TPSA) is 67.4 Å². The van der Waals surface area contributed by atoms with Crippen LogP contribution in [-0.4, -0.2) is 24.5 Å². The number of benzene rings is 2. The number of carbonyl (C=O) groups is 2. The molecule has 2 rings (SSSR count).